The van der Waals surface area contributed by atoms with Crippen molar-refractivity contribution in [3.8, 4) is 5.75 Å². The molecule has 1 atom stereocenters. The van der Waals surface area contributed by atoms with Crippen LogP contribution in [0.5, 0.6) is 5.75 Å². The van der Waals surface area contributed by atoms with Crippen molar-refractivity contribution in [2.24, 2.45) is 0 Å². The number of nitrogens with zero attached hydrogens (tertiary/aromatic N) is 2. The molecule has 5 nitrogen and oxygen atoms in total. The first kappa shape index (κ1) is 13.5. The molecular weight excluding hydrogens is 286 g/mol. The number of carbonyl (C=O) groups is 1. The number of rotatable bonds is 4. The highest BCUT2D eigenvalue weighted by Gasteiger charge is 2.24. The summed E-state index contributed by atoms with van der Waals surface area (Å²) in [5, 5.41) is 10.4. The van der Waals surface area contributed by atoms with E-state index in [1.165, 1.54) is 11.5 Å². The van der Waals surface area contributed by atoms with E-state index in [2.05, 4.69) is 14.9 Å². The van der Waals surface area contributed by atoms with Gasteiger partial charge in [-0.2, -0.15) is 0 Å². The van der Waals surface area contributed by atoms with Crippen molar-refractivity contribution >= 4 is 28.2 Å². The monoisotopic (exact) mass is 299 g/mol. The van der Waals surface area contributed by atoms with E-state index in [1.807, 2.05) is 42.5 Å². The van der Waals surface area contributed by atoms with Gasteiger partial charge in [-0.05, 0) is 34.4 Å². The number of likely N-dealkylation sites (N-methyl/N-ethyl adjacent to an activating group) is 1. The molecule has 1 unspecified atom stereocenters. The van der Waals surface area contributed by atoms with Crippen molar-refractivity contribution in [3.63, 3.8) is 0 Å². The Hall–Kier alpha value is -2.47. The van der Waals surface area contributed by atoms with Crippen molar-refractivity contribution < 1.29 is 9.53 Å². The van der Waals surface area contributed by atoms with Crippen molar-refractivity contribution in [2.75, 3.05) is 7.05 Å². The zero-order chi connectivity index (χ0) is 14.7. The van der Waals surface area contributed by atoms with E-state index in [0.29, 0.717) is 11.4 Å². The molecule has 21 heavy (non-hydrogen) atoms. The lowest BCUT2D eigenvalue weighted by atomic mass is 10.1. The molecule has 1 N–H and O–H groups in total. The first-order chi connectivity index (χ1) is 10.3. The Kier molecular flexibility index (Phi) is 3.79. The summed E-state index contributed by atoms with van der Waals surface area (Å²) in [6.45, 7) is 0. The second-order valence-electron chi connectivity index (χ2n) is 4.45. The Morgan fingerprint density at radius 1 is 1.24 bits per heavy atom. The minimum absolute atomic E-state index is 0.254. The van der Waals surface area contributed by atoms with Crippen molar-refractivity contribution in [3.05, 3.63) is 53.5 Å². The fourth-order valence-corrected chi connectivity index (χ4v) is 2.51. The molecule has 0 aliphatic carbocycles. The van der Waals surface area contributed by atoms with Gasteiger partial charge in [0.2, 0.25) is 6.10 Å². The van der Waals surface area contributed by atoms with Crippen molar-refractivity contribution in [1.29, 1.82) is 0 Å². The highest BCUT2D eigenvalue weighted by Crippen LogP contribution is 2.25. The third-order valence-corrected chi connectivity index (χ3v) is 3.63. The molecule has 1 heterocycles. The topological polar surface area (TPSA) is 64.1 Å². The predicted octanol–water partition coefficient (Wildman–Crippen LogP) is 2.56. The zero-order valence-corrected chi connectivity index (χ0v) is 12.1. The molecule has 3 aromatic rings. The number of hydrogen-bond donors (Lipinski definition) is 1. The highest BCUT2D eigenvalue weighted by atomic mass is 32.1. The second-order valence-corrected chi connectivity index (χ2v) is 5.06. The molecule has 2 aromatic carbocycles. The van der Waals surface area contributed by atoms with Gasteiger partial charge in [-0.3, -0.25) is 4.79 Å². The van der Waals surface area contributed by atoms with Gasteiger partial charge in [0.1, 0.15) is 11.4 Å². The van der Waals surface area contributed by atoms with Gasteiger partial charge in [0.15, 0.2) is 0 Å². The molecule has 6 heteroatoms. The number of aromatic nitrogens is 2. The summed E-state index contributed by atoms with van der Waals surface area (Å²) in [6.07, 6.45) is -0.796. The summed E-state index contributed by atoms with van der Waals surface area (Å²) in [6, 6.07) is 13.7. The normalized spacial score (nSPS) is 12.0. The van der Waals surface area contributed by atoms with Crippen LogP contribution in [0.25, 0.3) is 10.8 Å². The van der Waals surface area contributed by atoms with Gasteiger partial charge in [0.05, 0.1) is 0 Å². The summed E-state index contributed by atoms with van der Waals surface area (Å²) in [5.41, 5.74) is 0.507. The van der Waals surface area contributed by atoms with Crippen LogP contribution in [-0.2, 0) is 4.79 Å². The maximum absolute atomic E-state index is 12.0. The third kappa shape index (κ3) is 2.85. The van der Waals surface area contributed by atoms with Gasteiger partial charge in [-0.15, -0.1) is 5.10 Å². The molecular formula is C15H13N3O2S. The molecule has 0 fully saturated rings. The SMILES string of the molecule is CNC(=O)C(Oc1ccc2ccccc2c1)c1csnn1. The van der Waals surface area contributed by atoms with E-state index in [0.717, 1.165) is 10.8 Å². The molecule has 0 bridgehead atoms. The zero-order valence-electron chi connectivity index (χ0n) is 11.3. The maximum Gasteiger partial charge on any atom is 0.267 e. The number of fused-ring (bicyclic) bond motifs is 1. The van der Waals surface area contributed by atoms with Crippen LogP contribution in [0.1, 0.15) is 11.8 Å². The Labute approximate surface area is 125 Å². The minimum atomic E-state index is -0.796. The van der Waals surface area contributed by atoms with Gasteiger partial charge < -0.3 is 10.1 Å². The van der Waals surface area contributed by atoms with Crippen molar-refractivity contribution in [1.82, 2.24) is 14.9 Å². The summed E-state index contributed by atoms with van der Waals surface area (Å²) in [4.78, 5) is 12.0. The molecule has 0 radical (unpaired) electrons. The first-order valence-electron chi connectivity index (χ1n) is 6.42. The molecule has 0 aliphatic rings. The van der Waals surface area contributed by atoms with Crippen LogP contribution in [0.2, 0.25) is 0 Å². The minimum Gasteiger partial charge on any atom is -0.474 e. The predicted molar refractivity (Wildman–Crippen MR) is 81.3 cm³/mol. The lowest BCUT2D eigenvalue weighted by Gasteiger charge is -2.15. The third-order valence-electron chi connectivity index (χ3n) is 3.10. The average molecular weight is 299 g/mol. The standard InChI is InChI=1S/C15H13N3O2S/c1-16-15(19)14(13-9-21-18-17-13)20-12-7-6-10-4-2-3-5-11(10)8-12/h2-9,14H,1H3,(H,16,19). The van der Waals surface area contributed by atoms with Gasteiger partial charge in [-0.1, -0.05) is 34.8 Å². The van der Waals surface area contributed by atoms with E-state index < -0.39 is 6.10 Å². The maximum atomic E-state index is 12.0. The largest absolute Gasteiger partial charge is 0.474 e. The number of carbonyl (C=O) groups excluding carboxylic acids is 1. The lowest BCUT2D eigenvalue weighted by molar-refractivity contribution is -0.127. The Morgan fingerprint density at radius 2 is 2.05 bits per heavy atom. The second kappa shape index (κ2) is 5.88. The summed E-state index contributed by atoms with van der Waals surface area (Å²) >= 11 is 1.19. The quantitative estimate of drug-likeness (QED) is 0.804. The number of ether oxygens (including phenoxy) is 1. The van der Waals surface area contributed by atoms with E-state index >= 15 is 0 Å². The number of amides is 1. The van der Waals surface area contributed by atoms with E-state index in [-0.39, 0.29) is 5.91 Å². The molecule has 1 amide bonds. The van der Waals surface area contributed by atoms with Crippen LogP contribution in [0.4, 0.5) is 0 Å². The van der Waals surface area contributed by atoms with E-state index in [1.54, 1.807) is 12.4 Å². The van der Waals surface area contributed by atoms with Crippen LogP contribution in [0, 0.1) is 0 Å². The van der Waals surface area contributed by atoms with Crippen LogP contribution >= 0.6 is 11.5 Å². The van der Waals surface area contributed by atoms with Crippen LogP contribution in [-0.4, -0.2) is 22.5 Å². The van der Waals surface area contributed by atoms with Gasteiger partial charge in [-0.25, -0.2) is 0 Å². The number of benzene rings is 2. The van der Waals surface area contributed by atoms with Crippen LogP contribution in [0.15, 0.2) is 47.8 Å². The summed E-state index contributed by atoms with van der Waals surface area (Å²) in [5.74, 6) is 0.367. The van der Waals surface area contributed by atoms with Crippen LogP contribution in [0.3, 0.4) is 0 Å². The fourth-order valence-electron chi connectivity index (χ4n) is 2.04. The Balaban J connectivity index is 1.92. The Bertz CT molecular complexity index is 758. The van der Waals surface area contributed by atoms with Gasteiger partial charge in [0, 0.05) is 12.4 Å². The highest BCUT2D eigenvalue weighted by molar-refractivity contribution is 7.03. The summed E-state index contributed by atoms with van der Waals surface area (Å²) < 4.78 is 9.59. The van der Waals surface area contributed by atoms with E-state index in [4.69, 9.17) is 4.74 Å². The smallest absolute Gasteiger partial charge is 0.267 e. The molecule has 0 aliphatic heterocycles. The van der Waals surface area contributed by atoms with Gasteiger partial charge in [0.25, 0.3) is 5.91 Å². The molecule has 0 spiro atoms. The molecule has 1 aromatic heterocycles. The number of nitrogens with one attached hydrogen (secondary N) is 1. The van der Waals surface area contributed by atoms with E-state index in [9.17, 15) is 4.79 Å². The van der Waals surface area contributed by atoms with Gasteiger partial charge >= 0.3 is 0 Å². The van der Waals surface area contributed by atoms with Crippen LogP contribution < -0.4 is 10.1 Å². The van der Waals surface area contributed by atoms with Crippen molar-refractivity contribution in [2.45, 2.75) is 6.10 Å². The molecule has 0 saturated heterocycles. The summed E-state index contributed by atoms with van der Waals surface area (Å²) in [7, 11) is 1.57. The fraction of sp³-hybridized carbons (Fsp3) is 0.133. The lowest BCUT2D eigenvalue weighted by Crippen LogP contribution is -2.29. The molecule has 106 valence electrons. The first-order valence-corrected chi connectivity index (χ1v) is 7.25. The molecule has 0 saturated carbocycles. The molecule has 3 rings (SSSR count). The number of hydrogen-bond acceptors (Lipinski definition) is 5. The average Bonchev–Trinajstić information content (AvgIpc) is 3.06. The Morgan fingerprint density at radius 3 is 2.76 bits per heavy atom.